The number of rotatable bonds is 5. The Bertz CT molecular complexity index is 430. The second-order valence-corrected chi connectivity index (χ2v) is 4.45. The van der Waals surface area contributed by atoms with E-state index in [1.54, 1.807) is 6.07 Å². The summed E-state index contributed by atoms with van der Waals surface area (Å²) < 4.78 is 36.0. The van der Waals surface area contributed by atoms with E-state index in [1.165, 1.54) is 0 Å². The lowest BCUT2D eigenvalue weighted by Gasteiger charge is -2.14. The SMILES string of the molecule is Cc1cccc(C(N)=S)c1NCCCC(F)(F)F. The van der Waals surface area contributed by atoms with Gasteiger partial charge in [-0.1, -0.05) is 24.4 Å². The summed E-state index contributed by atoms with van der Waals surface area (Å²) in [6, 6.07) is 5.42. The lowest BCUT2D eigenvalue weighted by molar-refractivity contribution is -0.134. The zero-order chi connectivity index (χ0) is 13.8. The largest absolute Gasteiger partial charge is 0.389 e. The Balaban J connectivity index is 2.64. The van der Waals surface area contributed by atoms with Crippen LogP contribution in [0.15, 0.2) is 18.2 Å². The second kappa shape index (κ2) is 6.04. The standard InChI is InChI=1S/C12H15F3N2S/c1-8-4-2-5-9(11(16)18)10(8)17-7-3-6-12(13,14)15/h2,4-5,17H,3,6-7H2,1H3,(H2,16,18). The monoisotopic (exact) mass is 276 g/mol. The molecule has 0 aliphatic rings. The van der Waals surface area contributed by atoms with Gasteiger partial charge in [0.05, 0.1) is 0 Å². The molecule has 3 N–H and O–H groups in total. The lowest BCUT2D eigenvalue weighted by Crippen LogP contribution is -2.16. The Morgan fingerprint density at radius 1 is 1.39 bits per heavy atom. The number of anilines is 1. The van der Waals surface area contributed by atoms with Gasteiger partial charge in [-0.2, -0.15) is 13.2 Å². The summed E-state index contributed by atoms with van der Waals surface area (Å²) in [6.45, 7) is 2.09. The summed E-state index contributed by atoms with van der Waals surface area (Å²) in [7, 11) is 0. The van der Waals surface area contributed by atoms with E-state index in [0.29, 0.717) is 11.3 Å². The first kappa shape index (κ1) is 14.8. The topological polar surface area (TPSA) is 38.0 Å². The number of benzene rings is 1. The van der Waals surface area contributed by atoms with Gasteiger partial charge < -0.3 is 11.1 Å². The zero-order valence-electron chi connectivity index (χ0n) is 9.97. The van der Waals surface area contributed by atoms with Gasteiger partial charge in [0.1, 0.15) is 4.99 Å². The molecule has 0 amide bonds. The molecular weight excluding hydrogens is 261 g/mol. The van der Waals surface area contributed by atoms with E-state index in [-0.39, 0.29) is 18.0 Å². The quantitative estimate of drug-likeness (QED) is 0.639. The van der Waals surface area contributed by atoms with E-state index in [9.17, 15) is 13.2 Å². The molecule has 0 unspecified atom stereocenters. The smallest absolute Gasteiger partial charge is 0.389 e. The number of hydrogen-bond acceptors (Lipinski definition) is 2. The second-order valence-electron chi connectivity index (χ2n) is 4.01. The lowest BCUT2D eigenvalue weighted by atomic mass is 10.1. The van der Waals surface area contributed by atoms with Gasteiger partial charge in [0.15, 0.2) is 0 Å². The van der Waals surface area contributed by atoms with E-state index in [1.807, 2.05) is 19.1 Å². The van der Waals surface area contributed by atoms with Crippen LogP contribution in [0.5, 0.6) is 0 Å². The highest BCUT2D eigenvalue weighted by atomic mass is 32.1. The summed E-state index contributed by atoms with van der Waals surface area (Å²) in [5.41, 5.74) is 7.86. The molecule has 0 aliphatic heterocycles. The van der Waals surface area contributed by atoms with E-state index in [2.05, 4.69) is 5.32 Å². The van der Waals surface area contributed by atoms with Crippen molar-refractivity contribution in [2.24, 2.45) is 5.73 Å². The van der Waals surface area contributed by atoms with E-state index in [4.69, 9.17) is 18.0 Å². The summed E-state index contributed by atoms with van der Waals surface area (Å²) in [5.74, 6) is 0. The number of nitrogens with two attached hydrogens (primary N) is 1. The fraction of sp³-hybridized carbons (Fsp3) is 0.417. The Morgan fingerprint density at radius 3 is 2.61 bits per heavy atom. The van der Waals surface area contributed by atoms with Crippen LogP contribution >= 0.6 is 12.2 Å². The number of nitrogens with one attached hydrogen (secondary N) is 1. The maximum atomic E-state index is 12.0. The van der Waals surface area contributed by atoms with Crippen LogP contribution in [0, 0.1) is 6.92 Å². The number of para-hydroxylation sites is 1. The molecule has 1 aromatic rings. The van der Waals surface area contributed by atoms with Crippen LogP contribution in [0.3, 0.4) is 0 Å². The molecule has 0 saturated carbocycles. The van der Waals surface area contributed by atoms with Crippen LogP contribution in [0.25, 0.3) is 0 Å². The van der Waals surface area contributed by atoms with Crippen LogP contribution in [0.4, 0.5) is 18.9 Å². The molecule has 1 rings (SSSR count). The molecule has 2 nitrogen and oxygen atoms in total. The molecule has 0 aromatic heterocycles. The maximum absolute atomic E-state index is 12.0. The van der Waals surface area contributed by atoms with Gasteiger partial charge >= 0.3 is 6.18 Å². The Morgan fingerprint density at radius 2 is 2.06 bits per heavy atom. The molecule has 0 atom stereocenters. The number of hydrogen-bond donors (Lipinski definition) is 2. The third-order valence-corrected chi connectivity index (χ3v) is 2.70. The van der Waals surface area contributed by atoms with Gasteiger partial charge in [-0.3, -0.25) is 0 Å². The van der Waals surface area contributed by atoms with Crippen LogP contribution in [-0.2, 0) is 0 Å². The van der Waals surface area contributed by atoms with Crippen molar-refractivity contribution in [1.82, 2.24) is 0 Å². The van der Waals surface area contributed by atoms with Crippen molar-refractivity contribution >= 4 is 22.9 Å². The van der Waals surface area contributed by atoms with Crippen LogP contribution in [-0.4, -0.2) is 17.7 Å². The molecule has 18 heavy (non-hydrogen) atoms. The molecule has 0 fully saturated rings. The molecular formula is C12H15F3N2S. The zero-order valence-corrected chi connectivity index (χ0v) is 10.8. The number of aryl methyl sites for hydroxylation is 1. The number of halogens is 3. The van der Waals surface area contributed by atoms with Gasteiger partial charge in [0.2, 0.25) is 0 Å². The van der Waals surface area contributed by atoms with Crippen molar-refractivity contribution in [3.63, 3.8) is 0 Å². The minimum absolute atomic E-state index is 0.0224. The van der Waals surface area contributed by atoms with E-state index < -0.39 is 12.6 Å². The first-order valence-electron chi connectivity index (χ1n) is 5.51. The summed E-state index contributed by atoms with van der Waals surface area (Å²) in [5, 5.41) is 2.97. The fourth-order valence-electron chi connectivity index (χ4n) is 1.61. The summed E-state index contributed by atoms with van der Waals surface area (Å²) in [6.07, 6.45) is -4.89. The van der Waals surface area contributed by atoms with E-state index in [0.717, 1.165) is 5.56 Å². The molecule has 6 heteroatoms. The molecule has 1 aromatic carbocycles. The van der Waals surface area contributed by atoms with Crippen molar-refractivity contribution < 1.29 is 13.2 Å². The molecule has 0 bridgehead atoms. The number of alkyl halides is 3. The van der Waals surface area contributed by atoms with Crippen LogP contribution in [0.2, 0.25) is 0 Å². The van der Waals surface area contributed by atoms with Crippen LogP contribution < -0.4 is 11.1 Å². The third kappa shape index (κ3) is 4.52. The van der Waals surface area contributed by atoms with Gasteiger partial charge in [-0.15, -0.1) is 0 Å². The van der Waals surface area contributed by atoms with Crippen molar-refractivity contribution in [1.29, 1.82) is 0 Å². The average molecular weight is 276 g/mol. The molecule has 0 saturated heterocycles. The first-order chi connectivity index (χ1) is 8.31. The highest BCUT2D eigenvalue weighted by molar-refractivity contribution is 7.80. The molecule has 0 spiro atoms. The Hall–Kier alpha value is -1.30. The predicted octanol–water partition coefficient (Wildman–Crippen LogP) is 3.38. The third-order valence-electron chi connectivity index (χ3n) is 2.48. The molecule has 0 heterocycles. The van der Waals surface area contributed by atoms with Crippen LogP contribution in [0.1, 0.15) is 24.0 Å². The minimum Gasteiger partial charge on any atom is -0.389 e. The Labute approximate surface area is 109 Å². The average Bonchev–Trinajstić information content (AvgIpc) is 2.24. The molecule has 0 aliphatic carbocycles. The first-order valence-corrected chi connectivity index (χ1v) is 5.92. The molecule has 0 radical (unpaired) electrons. The summed E-state index contributed by atoms with van der Waals surface area (Å²) in [4.78, 5) is 0.233. The minimum atomic E-state index is -4.11. The molecule has 100 valence electrons. The van der Waals surface area contributed by atoms with Crippen molar-refractivity contribution in [2.75, 3.05) is 11.9 Å². The Kier molecular flexibility index (Phi) is 4.95. The van der Waals surface area contributed by atoms with Gasteiger partial charge in [-0.05, 0) is 25.0 Å². The van der Waals surface area contributed by atoms with E-state index >= 15 is 0 Å². The van der Waals surface area contributed by atoms with Gasteiger partial charge in [0.25, 0.3) is 0 Å². The van der Waals surface area contributed by atoms with Crippen molar-refractivity contribution in [3.8, 4) is 0 Å². The highest BCUT2D eigenvalue weighted by Gasteiger charge is 2.25. The van der Waals surface area contributed by atoms with Crippen molar-refractivity contribution in [3.05, 3.63) is 29.3 Å². The highest BCUT2D eigenvalue weighted by Crippen LogP contribution is 2.23. The normalized spacial score (nSPS) is 11.3. The summed E-state index contributed by atoms with van der Waals surface area (Å²) >= 11 is 4.91. The van der Waals surface area contributed by atoms with Gasteiger partial charge in [0, 0.05) is 24.2 Å². The fourth-order valence-corrected chi connectivity index (χ4v) is 1.78. The van der Waals surface area contributed by atoms with Gasteiger partial charge in [-0.25, -0.2) is 0 Å². The van der Waals surface area contributed by atoms with Crippen molar-refractivity contribution in [2.45, 2.75) is 25.9 Å². The number of thiocarbonyl (C=S) groups is 1. The predicted molar refractivity (Wildman–Crippen MR) is 70.8 cm³/mol. The maximum Gasteiger partial charge on any atom is 0.389 e.